The first-order valence-electron chi connectivity index (χ1n) is 8.36. The minimum atomic E-state index is -4.47. The molecule has 0 bridgehead atoms. The van der Waals surface area contributed by atoms with Crippen molar-refractivity contribution in [3.8, 4) is 0 Å². The van der Waals surface area contributed by atoms with Gasteiger partial charge in [0.1, 0.15) is 0 Å². The van der Waals surface area contributed by atoms with Crippen LogP contribution in [0.25, 0.3) is 0 Å². The quantitative estimate of drug-likeness (QED) is 0.780. The van der Waals surface area contributed by atoms with E-state index in [-0.39, 0.29) is 30.1 Å². The zero-order chi connectivity index (χ0) is 18.0. The van der Waals surface area contributed by atoms with Gasteiger partial charge in [-0.05, 0) is 31.0 Å². The van der Waals surface area contributed by atoms with Crippen molar-refractivity contribution in [2.45, 2.75) is 56.4 Å². The van der Waals surface area contributed by atoms with Crippen LogP contribution < -0.4 is 16.0 Å². The van der Waals surface area contributed by atoms with E-state index in [9.17, 15) is 22.8 Å². The summed E-state index contributed by atoms with van der Waals surface area (Å²) in [5, 5.41) is 8.58. The number of nitrogens with one attached hydrogen (secondary N) is 3. The van der Waals surface area contributed by atoms with Gasteiger partial charge in [-0.3, -0.25) is 9.59 Å². The van der Waals surface area contributed by atoms with E-state index in [1.807, 2.05) is 0 Å². The number of fused-ring (bicyclic) bond motifs is 1. The summed E-state index contributed by atoms with van der Waals surface area (Å²) in [5.41, 5.74) is -0.768. The van der Waals surface area contributed by atoms with E-state index in [0.29, 0.717) is 0 Å². The van der Waals surface area contributed by atoms with Crippen molar-refractivity contribution < 1.29 is 22.8 Å². The van der Waals surface area contributed by atoms with Gasteiger partial charge in [0.05, 0.1) is 18.0 Å². The average molecular weight is 355 g/mol. The number of carbonyl (C=O) groups is 2. The summed E-state index contributed by atoms with van der Waals surface area (Å²) < 4.78 is 38.1. The third kappa shape index (κ3) is 4.31. The molecule has 1 aliphatic heterocycles. The van der Waals surface area contributed by atoms with Crippen LogP contribution in [-0.2, 0) is 15.8 Å². The van der Waals surface area contributed by atoms with Crippen LogP contribution in [0.15, 0.2) is 24.3 Å². The minimum absolute atomic E-state index is 0.0617. The topological polar surface area (TPSA) is 70.2 Å². The van der Waals surface area contributed by atoms with Crippen LogP contribution in [0.2, 0.25) is 0 Å². The Bertz CT molecular complexity index is 663. The Morgan fingerprint density at radius 2 is 1.92 bits per heavy atom. The molecule has 3 N–H and O–H groups in total. The molecular weight excluding hydrogens is 335 g/mol. The molecule has 1 saturated carbocycles. The van der Waals surface area contributed by atoms with Crippen molar-refractivity contribution in [1.82, 2.24) is 10.6 Å². The smallest absolute Gasteiger partial charge is 0.350 e. The molecule has 2 aliphatic rings. The second kappa shape index (κ2) is 7.03. The largest absolute Gasteiger partial charge is 0.416 e. The highest BCUT2D eigenvalue weighted by Crippen LogP contribution is 2.30. The van der Waals surface area contributed by atoms with E-state index in [1.54, 1.807) is 0 Å². The molecule has 1 aliphatic carbocycles. The second-order valence-corrected chi connectivity index (χ2v) is 6.56. The molecule has 5 nitrogen and oxygen atoms in total. The first-order chi connectivity index (χ1) is 11.8. The van der Waals surface area contributed by atoms with Crippen LogP contribution in [0.3, 0.4) is 0 Å². The van der Waals surface area contributed by atoms with Gasteiger partial charge in [0.25, 0.3) is 0 Å². The summed E-state index contributed by atoms with van der Waals surface area (Å²) in [6.45, 7) is 0. The third-order valence-corrected chi connectivity index (χ3v) is 4.69. The highest BCUT2D eigenvalue weighted by atomic mass is 19.4. The predicted octanol–water partition coefficient (Wildman–Crippen LogP) is 2.43. The molecular formula is C17H20F3N3O2. The molecule has 25 heavy (non-hydrogen) atoms. The summed E-state index contributed by atoms with van der Waals surface area (Å²) in [6.07, 6.45) is -0.576. The average Bonchev–Trinajstić information content (AvgIpc) is 2.55. The second-order valence-electron chi connectivity index (χ2n) is 6.56. The number of benzene rings is 1. The summed E-state index contributed by atoms with van der Waals surface area (Å²) >= 11 is 0. The highest BCUT2D eigenvalue weighted by Gasteiger charge is 2.37. The molecule has 1 aromatic carbocycles. The van der Waals surface area contributed by atoms with E-state index in [1.165, 1.54) is 12.1 Å². The van der Waals surface area contributed by atoms with Crippen LogP contribution in [0.4, 0.5) is 18.9 Å². The number of hydrogen-bond donors (Lipinski definition) is 3. The molecule has 0 unspecified atom stereocenters. The van der Waals surface area contributed by atoms with E-state index in [4.69, 9.17) is 0 Å². The van der Waals surface area contributed by atoms with Crippen molar-refractivity contribution in [3.63, 3.8) is 0 Å². The van der Waals surface area contributed by atoms with Gasteiger partial charge in [0, 0.05) is 17.8 Å². The molecule has 0 radical (unpaired) electrons. The lowest BCUT2D eigenvalue weighted by Gasteiger charge is -2.40. The zero-order valence-corrected chi connectivity index (χ0v) is 13.5. The van der Waals surface area contributed by atoms with Crippen LogP contribution >= 0.6 is 0 Å². The minimum Gasteiger partial charge on any atom is -0.350 e. The van der Waals surface area contributed by atoms with Gasteiger partial charge in [-0.25, -0.2) is 0 Å². The first-order valence-corrected chi connectivity index (χ1v) is 8.36. The zero-order valence-electron chi connectivity index (χ0n) is 13.5. The Morgan fingerprint density at radius 3 is 2.64 bits per heavy atom. The Morgan fingerprint density at radius 1 is 1.20 bits per heavy atom. The Kier molecular flexibility index (Phi) is 4.99. The van der Waals surface area contributed by atoms with Gasteiger partial charge < -0.3 is 16.0 Å². The molecule has 8 heteroatoms. The molecule has 3 rings (SSSR count). The first kappa shape index (κ1) is 17.7. The Hall–Kier alpha value is -2.09. The van der Waals surface area contributed by atoms with Crippen LogP contribution in [0.1, 0.15) is 37.7 Å². The number of alkyl halides is 3. The molecule has 1 saturated heterocycles. The number of hydrogen-bond acceptors (Lipinski definition) is 3. The summed E-state index contributed by atoms with van der Waals surface area (Å²) in [7, 11) is 0. The van der Waals surface area contributed by atoms with Gasteiger partial charge in [-0.15, -0.1) is 0 Å². The fraction of sp³-hybridized carbons (Fsp3) is 0.529. The molecule has 1 heterocycles. The molecule has 136 valence electrons. The maximum atomic E-state index is 12.7. The van der Waals surface area contributed by atoms with Crippen molar-refractivity contribution in [2.24, 2.45) is 0 Å². The van der Waals surface area contributed by atoms with E-state index < -0.39 is 23.7 Å². The number of anilines is 1. The number of rotatable bonds is 3. The molecule has 0 aromatic heterocycles. The van der Waals surface area contributed by atoms with E-state index in [0.717, 1.165) is 37.8 Å². The number of piperazine rings is 1. The summed E-state index contributed by atoms with van der Waals surface area (Å²) in [6, 6.07) is 4.03. The van der Waals surface area contributed by atoms with Crippen molar-refractivity contribution in [3.05, 3.63) is 29.8 Å². The molecule has 0 spiro atoms. The van der Waals surface area contributed by atoms with Crippen LogP contribution in [0.5, 0.6) is 0 Å². The monoisotopic (exact) mass is 355 g/mol. The summed E-state index contributed by atoms with van der Waals surface area (Å²) in [4.78, 5) is 24.3. The Balaban J connectivity index is 1.60. The molecule has 1 aromatic rings. The van der Waals surface area contributed by atoms with Crippen LogP contribution in [0, 0.1) is 0 Å². The van der Waals surface area contributed by atoms with Crippen molar-refractivity contribution in [2.75, 3.05) is 5.32 Å². The Labute approximate surface area is 143 Å². The standard InChI is InChI=1S/C17H20F3N3O2/c18-17(19,20)10-4-3-5-11(8-10)21-15(24)9-14-16(25)23-13-7-2-1-6-12(13)22-14/h3-5,8,12-14,22H,1-2,6-7,9H2,(H,21,24)(H,23,25)/t12-,13+,14-/m0/s1. The maximum absolute atomic E-state index is 12.7. The SMILES string of the molecule is O=C(C[C@@H]1N[C@H]2CCCC[C@H]2NC1=O)Nc1cccc(C(F)(F)F)c1. The molecule has 3 atom stereocenters. The van der Waals surface area contributed by atoms with E-state index >= 15 is 0 Å². The fourth-order valence-electron chi connectivity index (χ4n) is 3.44. The normalized spacial score (nSPS) is 26.5. The third-order valence-electron chi connectivity index (χ3n) is 4.69. The van der Waals surface area contributed by atoms with Crippen molar-refractivity contribution >= 4 is 17.5 Å². The fourth-order valence-corrected chi connectivity index (χ4v) is 3.44. The predicted molar refractivity (Wildman–Crippen MR) is 85.8 cm³/mol. The lowest BCUT2D eigenvalue weighted by molar-refractivity contribution is -0.137. The van der Waals surface area contributed by atoms with E-state index in [2.05, 4.69) is 16.0 Å². The van der Waals surface area contributed by atoms with Crippen molar-refractivity contribution in [1.29, 1.82) is 0 Å². The molecule has 2 fully saturated rings. The molecule has 2 amide bonds. The summed E-state index contributed by atoms with van der Waals surface area (Å²) in [5.74, 6) is -0.733. The van der Waals surface area contributed by atoms with Gasteiger partial charge >= 0.3 is 6.18 Å². The number of halogens is 3. The maximum Gasteiger partial charge on any atom is 0.416 e. The van der Waals surface area contributed by atoms with Gasteiger partial charge in [-0.1, -0.05) is 18.9 Å². The van der Waals surface area contributed by atoms with Gasteiger partial charge in [-0.2, -0.15) is 13.2 Å². The lowest BCUT2D eigenvalue weighted by Crippen LogP contribution is -2.65. The highest BCUT2D eigenvalue weighted by molar-refractivity contribution is 5.95. The number of carbonyl (C=O) groups excluding carboxylic acids is 2. The lowest BCUT2D eigenvalue weighted by atomic mass is 9.87. The van der Waals surface area contributed by atoms with Crippen LogP contribution in [-0.4, -0.2) is 29.9 Å². The number of amides is 2. The van der Waals surface area contributed by atoms with Gasteiger partial charge in [0.15, 0.2) is 0 Å². The van der Waals surface area contributed by atoms with Gasteiger partial charge in [0.2, 0.25) is 11.8 Å².